The fraction of sp³-hybridized carbons (Fsp3) is 0.125. The first-order valence-corrected chi connectivity index (χ1v) is 6.17. The largest absolute Gasteiger partial charge is 0.345 e. The van der Waals surface area contributed by atoms with Gasteiger partial charge in [0.05, 0.1) is 0 Å². The minimum Gasteiger partial charge on any atom is -0.345 e. The van der Waals surface area contributed by atoms with Crippen LogP contribution in [0.2, 0.25) is 0 Å². The molecule has 0 N–H and O–H groups in total. The Hall–Kier alpha value is -2.49. The normalized spacial score (nSPS) is 11.2. The molecule has 1 heterocycles. The van der Waals surface area contributed by atoms with Crippen molar-refractivity contribution >= 4 is 17.6 Å². The number of hydrogen-bond acceptors (Lipinski definition) is 2. The molecule has 1 aromatic heterocycles. The van der Waals surface area contributed by atoms with Crippen molar-refractivity contribution in [3.63, 3.8) is 0 Å². The first kappa shape index (κ1) is 13.9. The van der Waals surface area contributed by atoms with E-state index < -0.39 is 0 Å². The molecule has 0 unspecified atom stereocenters. The van der Waals surface area contributed by atoms with Crippen LogP contribution >= 0.6 is 0 Å². The topological polar surface area (TPSA) is 33.2 Å². The molecule has 0 aliphatic rings. The van der Waals surface area contributed by atoms with E-state index in [9.17, 15) is 9.18 Å². The molecule has 0 aliphatic carbocycles. The quantitative estimate of drug-likeness (QED) is 0.803. The Kier molecular flexibility index (Phi) is 4.25. The van der Waals surface area contributed by atoms with Crippen molar-refractivity contribution in [2.75, 3.05) is 14.1 Å². The molecule has 4 heteroatoms. The smallest absolute Gasteiger partial charge is 0.253 e. The molecule has 0 spiro atoms. The molecule has 0 atom stereocenters. The van der Waals surface area contributed by atoms with Crippen LogP contribution in [0.5, 0.6) is 0 Å². The van der Waals surface area contributed by atoms with Crippen LogP contribution in [0.15, 0.2) is 48.8 Å². The summed E-state index contributed by atoms with van der Waals surface area (Å²) in [4.78, 5) is 17.7. The summed E-state index contributed by atoms with van der Waals surface area (Å²) >= 11 is 0. The Bertz CT molecular complexity index is 619. The summed E-state index contributed by atoms with van der Waals surface area (Å²) < 4.78 is 13.0. The van der Waals surface area contributed by atoms with Crippen molar-refractivity contribution in [3.05, 3.63) is 65.7 Å². The molecule has 20 heavy (non-hydrogen) atoms. The first-order valence-electron chi connectivity index (χ1n) is 6.17. The van der Waals surface area contributed by atoms with Gasteiger partial charge < -0.3 is 4.90 Å². The second-order valence-electron chi connectivity index (χ2n) is 4.55. The van der Waals surface area contributed by atoms with Gasteiger partial charge in [-0.1, -0.05) is 12.1 Å². The average Bonchev–Trinajstić information content (AvgIpc) is 2.46. The van der Waals surface area contributed by atoms with E-state index in [4.69, 9.17) is 0 Å². The zero-order chi connectivity index (χ0) is 14.5. The number of benzene rings is 1. The van der Waals surface area contributed by atoms with Gasteiger partial charge >= 0.3 is 0 Å². The van der Waals surface area contributed by atoms with Crippen LogP contribution in [0.4, 0.5) is 4.39 Å². The fourth-order valence-electron chi connectivity index (χ4n) is 1.77. The molecule has 0 fully saturated rings. The molecular weight excluding hydrogens is 255 g/mol. The number of amides is 1. The molecule has 102 valence electrons. The number of carbonyl (C=O) groups excluding carboxylic acids is 1. The summed E-state index contributed by atoms with van der Waals surface area (Å²) in [6, 6.07) is 9.52. The molecular formula is C16H15FN2O. The van der Waals surface area contributed by atoms with Crippen LogP contribution in [-0.4, -0.2) is 29.9 Å². The van der Waals surface area contributed by atoms with Gasteiger partial charge in [-0.25, -0.2) is 4.39 Å². The Labute approximate surface area is 117 Å². The highest BCUT2D eigenvalue weighted by Crippen LogP contribution is 2.20. The van der Waals surface area contributed by atoms with Crippen LogP contribution in [0.1, 0.15) is 11.1 Å². The Balaban J connectivity index is 2.48. The standard InChI is InChI=1S/C16H15FN2O/c1-19(2)16(20)15(11-12-7-9-18-10-8-12)13-3-5-14(17)6-4-13/h3-11H,1-2H3. The van der Waals surface area contributed by atoms with Crippen LogP contribution in [-0.2, 0) is 4.79 Å². The lowest BCUT2D eigenvalue weighted by Gasteiger charge is -2.14. The van der Waals surface area contributed by atoms with Crippen molar-refractivity contribution in [2.45, 2.75) is 0 Å². The van der Waals surface area contributed by atoms with Crippen LogP contribution in [0.25, 0.3) is 11.6 Å². The second-order valence-corrected chi connectivity index (χ2v) is 4.55. The summed E-state index contributed by atoms with van der Waals surface area (Å²) in [7, 11) is 3.37. The third-order valence-electron chi connectivity index (χ3n) is 2.81. The van der Waals surface area contributed by atoms with Crippen molar-refractivity contribution in [2.24, 2.45) is 0 Å². The van der Waals surface area contributed by atoms with E-state index >= 15 is 0 Å². The van der Waals surface area contributed by atoms with E-state index in [0.29, 0.717) is 11.1 Å². The Morgan fingerprint density at radius 2 is 1.70 bits per heavy atom. The van der Waals surface area contributed by atoms with Crippen molar-refractivity contribution in [3.8, 4) is 0 Å². The maximum Gasteiger partial charge on any atom is 0.253 e. The third kappa shape index (κ3) is 3.29. The number of hydrogen-bond donors (Lipinski definition) is 0. The summed E-state index contributed by atoms with van der Waals surface area (Å²) in [5, 5.41) is 0. The van der Waals surface area contributed by atoms with Gasteiger partial charge in [0, 0.05) is 32.1 Å². The van der Waals surface area contributed by atoms with Gasteiger partial charge in [0.1, 0.15) is 5.82 Å². The highest BCUT2D eigenvalue weighted by atomic mass is 19.1. The highest BCUT2D eigenvalue weighted by Gasteiger charge is 2.14. The molecule has 2 rings (SSSR count). The Morgan fingerprint density at radius 3 is 2.25 bits per heavy atom. The van der Waals surface area contributed by atoms with Crippen molar-refractivity contribution in [1.82, 2.24) is 9.88 Å². The van der Waals surface area contributed by atoms with Gasteiger partial charge in [-0.15, -0.1) is 0 Å². The minimum absolute atomic E-state index is 0.131. The lowest BCUT2D eigenvalue weighted by Crippen LogP contribution is -2.22. The first-order chi connectivity index (χ1) is 9.58. The molecule has 0 bridgehead atoms. The SMILES string of the molecule is CN(C)C(=O)C(=Cc1ccncc1)c1ccc(F)cc1. The number of halogens is 1. The molecule has 0 radical (unpaired) electrons. The maximum absolute atomic E-state index is 13.0. The number of carbonyl (C=O) groups is 1. The van der Waals surface area contributed by atoms with E-state index in [-0.39, 0.29) is 11.7 Å². The predicted molar refractivity (Wildman–Crippen MR) is 77.2 cm³/mol. The number of nitrogens with zero attached hydrogens (tertiary/aromatic N) is 2. The second kappa shape index (κ2) is 6.10. The van der Waals surface area contributed by atoms with Crippen LogP contribution in [0, 0.1) is 5.82 Å². The lowest BCUT2D eigenvalue weighted by atomic mass is 10.0. The molecule has 0 saturated carbocycles. The summed E-state index contributed by atoms with van der Waals surface area (Å²) in [5.41, 5.74) is 2.07. The van der Waals surface area contributed by atoms with E-state index in [1.54, 1.807) is 44.7 Å². The average molecular weight is 270 g/mol. The zero-order valence-corrected chi connectivity index (χ0v) is 11.4. The maximum atomic E-state index is 13.0. The summed E-state index contributed by atoms with van der Waals surface area (Å²) in [6.07, 6.45) is 5.10. The number of likely N-dealkylation sites (N-methyl/N-ethyl adjacent to an activating group) is 1. The predicted octanol–water partition coefficient (Wildman–Crippen LogP) is 2.85. The van der Waals surface area contributed by atoms with E-state index in [2.05, 4.69) is 4.98 Å². The number of pyridine rings is 1. The molecule has 1 amide bonds. The molecule has 1 aromatic carbocycles. The zero-order valence-electron chi connectivity index (χ0n) is 11.4. The van der Waals surface area contributed by atoms with Crippen molar-refractivity contribution < 1.29 is 9.18 Å². The summed E-state index contributed by atoms with van der Waals surface area (Å²) in [5.74, 6) is -0.456. The highest BCUT2D eigenvalue weighted by molar-refractivity contribution is 6.23. The van der Waals surface area contributed by atoms with E-state index in [1.807, 2.05) is 12.1 Å². The van der Waals surface area contributed by atoms with Gasteiger partial charge in [-0.05, 0) is 41.5 Å². The summed E-state index contributed by atoms with van der Waals surface area (Å²) in [6.45, 7) is 0. The molecule has 2 aromatic rings. The molecule has 0 aliphatic heterocycles. The van der Waals surface area contributed by atoms with Gasteiger partial charge in [0.25, 0.3) is 5.91 Å². The van der Waals surface area contributed by atoms with Crippen molar-refractivity contribution in [1.29, 1.82) is 0 Å². The van der Waals surface area contributed by atoms with Crippen LogP contribution < -0.4 is 0 Å². The minimum atomic E-state index is -0.325. The van der Waals surface area contributed by atoms with E-state index in [1.165, 1.54) is 17.0 Å². The van der Waals surface area contributed by atoms with Gasteiger partial charge in [-0.3, -0.25) is 9.78 Å². The molecule has 3 nitrogen and oxygen atoms in total. The lowest BCUT2D eigenvalue weighted by molar-refractivity contribution is -0.122. The van der Waals surface area contributed by atoms with Gasteiger partial charge in [0.2, 0.25) is 0 Å². The van der Waals surface area contributed by atoms with Crippen LogP contribution in [0.3, 0.4) is 0 Å². The fourth-order valence-corrected chi connectivity index (χ4v) is 1.77. The Morgan fingerprint density at radius 1 is 1.10 bits per heavy atom. The van der Waals surface area contributed by atoms with Gasteiger partial charge in [0.15, 0.2) is 0 Å². The molecule has 0 saturated heterocycles. The third-order valence-corrected chi connectivity index (χ3v) is 2.81. The number of aromatic nitrogens is 1. The number of rotatable bonds is 3. The monoisotopic (exact) mass is 270 g/mol. The van der Waals surface area contributed by atoms with E-state index in [0.717, 1.165) is 5.56 Å². The van der Waals surface area contributed by atoms with Gasteiger partial charge in [-0.2, -0.15) is 0 Å².